The molecular weight excluding hydrogens is 361 g/mol. The molecule has 1 aliphatic heterocycles. The summed E-state index contributed by atoms with van der Waals surface area (Å²) in [5, 5.41) is 3.95. The molecule has 144 valence electrons. The largest absolute Gasteiger partial charge is 0.494 e. The van der Waals surface area contributed by atoms with Crippen LogP contribution < -0.4 is 9.64 Å². The lowest BCUT2D eigenvalue weighted by molar-refractivity contribution is -0.117. The third kappa shape index (κ3) is 3.24. The average Bonchev–Trinajstić information content (AvgIpc) is 3.31. The minimum atomic E-state index is -0.497. The molecule has 6 nitrogen and oxygen atoms in total. The molecule has 0 spiro atoms. The lowest BCUT2D eigenvalue weighted by Crippen LogP contribution is -2.24. The number of halogens is 1. The Labute approximate surface area is 161 Å². The molecule has 1 aromatic heterocycles. The van der Waals surface area contributed by atoms with E-state index in [1.807, 2.05) is 32.0 Å². The molecular formula is C21H20FN3O3. The van der Waals surface area contributed by atoms with Crippen LogP contribution in [0.15, 0.2) is 40.9 Å². The number of carbonyl (C=O) groups excluding carboxylic acids is 1. The maximum absolute atomic E-state index is 13.9. The van der Waals surface area contributed by atoms with Crippen LogP contribution in [0.5, 0.6) is 5.75 Å². The van der Waals surface area contributed by atoms with E-state index in [0.717, 1.165) is 11.3 Å². The van der Waals surface area contributed by atoms with Gasteiger partial charge in [-0.2, -0.15) is 4.98 Å². The van der Waals surface area contributed by atoms with E-state index in [1.54, 1.807) is 11.0 Å². The molecule has 1 aliphatic rings. The third-order valence-corrected chi connectivity index (χ3v) is 5.13. The van der Waals surface area contributed by atoms with Crippen molar-refractivity contribution in [2.75, 3.05) is 18.6 Å². The van der Waals surface area contributed by atoms with E-state index in [-0.39, 0.29) is 23.4 Å². The summed E-state index contributed by atoms with van der Waals surface area (Å²) in [6.45, 7) is 4.53. The van der Waals surface area contributed by atoms with E-state index < -0.39 is 5.82 Å². The van der Waals surface area contributed by atoms with Gasteiger partial charge in [-0.05, 0) is 55.3 Å². The molecule has 0 saturated carbocycles. The number of benzene rings is 2. The fourth-order valence-corrected chi connectivity index (χ4v) is 3.34. The Balaban J connectivity index is 1.55. The Kier molecular flexibility index (Phi) is 4.58. The number of anilines is 1. The van der Waals surface area contributed by atoms with E-state index in [1.165, 1.54) is 24.8 Å². The first-order valence-corrected chi connectivity index (χ1v) is 9.01. The fourth-order valence-electron chi connectivity index (χ4n) is 3.34. The quantitative estimate of drug-likeness (QED) is 0.683. The van der Waals surface area contributed by atoms with Gasteiger partial charge in [0, 0.05) is 24.2 Å². The zero-order valence-electron chi connectivity index (χ0n) is 15.9. The second kappa shape index (κ2) is 7.07. The van der Waals surface area contributed by atoms with E-state index in [0.29, 0.717) is 24.4 Å². The Hall–Kier alpha value is -3.22. The standard InChI is InChI=1S/C21H20FN3O3/c1-12-4-6-16(8-13(12)2)25-11-15(10-19(25)26)21-23-20(24-28-21)14-5-7-18(27-3)17(22)9-14/h4-9,15H,10-11H2,1-3H3. The van der Waals surface area contributed by atoms with Crippen LogP contribution in [-0.2, 0) is 4.79 Å². The average molecular weight is 381 g/mol. The van der Waals surface area contributed by atoms with Crippen molar-refractivity contribution in [3.05, 3.63) is 59.2 Å². The van der Waals surface area contributed by atoms with Crippen molar-refractivity contribution in [1.29, 1.82) is 0 Å². The van der Waals surface area contributed by atoms with Crippen LogP contribution in [0.4, 0.5) is 10.1 Å². The molecule has 7 heteroatoms. The summed E-state index contributed by atoms with van der Waals surface area (Å²) in [6, 6.07) is 10.4. The van der Waals surface area contributed by atoms with Crippen LogP contribution in [-0.4, -0.2) is 29.7 Å². The molecule has 1 unspecified atom stereocenters. The van der Waals surface area contributed by atoms with Gasteiger partial charge in [0.15, 0.2) is 11.6 Å². The highest BCUT2D eigenvalue weighted by Gasteiger charge is 2.35. The van der Waals surface area contributed by atoms with Crippen molar-refractivity contribution in [2.45, 2.75) is 26.2 Å². The van der Waals surface area contributed by atoms with Gasteiger partial charge in [-0.3, -0.25) is 4.79 Å². The van der Waals surface area contributed by atoms with Gasteiger partial charge in [-0.25, -0.2) is 4.39 Å². The summed E-state index contributed by atoms with van der Waals surface area (Å²) in [5.74, 6) is 0.141. The number of hydrogen-bond acceptors (Lipinski definition) is 5. The van der Waals surface area contributed by atoms with Crippen molar-refractivity contribution in [1.82, 2.24) is 10.1 Å². The lowest BCUT2D eigenvalue weighted by Gasteiger charge is -2.17. The molecule has 1 atom stereocenters. The number of aromatic nitrogens is 2. The minimum Gasteiger partial charge on any atom is -0.494 e. The molecule has 1 fully saturated rings. The van der Waals surface area contributed by atoms with Gasteiger partial charge < -0.3 is 14.2 Å². The van der Waals surface area contributed by atoms with Crippen LogP contribution in [0.2, 0.25) is 0 Å². The summed E-state index contributed by atoms with van der Waals surface area (Å²) in [6.07, 6.45) is 0.297. The molecule has 0 bridgehead atoms. The summed E-state index contributed by atoms with van der Waals surface area (Å²) >= 11 is 0. The zero-order chi connectivity index (χ0) is 19.8. The number of ether oxygens (including phenoxy) is 1. The molecule has 1 saturated heterocycles. The maximum Gasteiger partial charge on any atom is 0.232 e. The van der Waals surface area contributed by atoms with E-state index in [4.69, 9.17) is 9.26 Å². The summed E-state index contributed by atoms with van der Waals surface area (Å²) in [7, 11) is 1.41. The van der Waals surface area contributed by atoms with Gasteiger partial charge >= 0.3 is 0 Å². The smallest absolute Gasteiger partial charge is 0.232 e. The summed E-state index contributed by atoms with van der Waals surface area (Å²) in [5.41, 5.74) is 3.67. The topological polar surface area (TPSA) is 68.5 Å². The molecule has 2 aromatic carbocycles. The summed E-state index contributed by atoms with van der Waals surface area (Å²) < 4.78 is 24.2. The number of amides is 1. The molecule has 3 aromatic rings. The molecule has 0 N–H and O–H groups in total. The van der Waals surface area contributed by atoms with Crippen LogP contribution >= 0.6 is 0 Å². The van der Waals surface area contributed by atoms with Gasteiger partial charge in [0.25, 0.3) is 0 Å². The number of methoxy groups -OCH3 is 1. The number of hydrogen-bond donors (Lipinski definition) is 0. The highest BCUT2D eigenvalue weighted by Crippen LogP contribution is 2.33. The fraction of sp³-hybridized carbons (Fsp3) is 0.286. The van der Waals surface area contributed by atoms with Crippen LogP contribution in [0.25, 0.3) is 11.4 Å². The highest BCUT2D eigenvalue weighted by molar-refractivity contribution is 5.96. The molecule has 2 heterocycles. The third-order valence-electron chi connectivity index (χ3n) is 5.13. The Morgan fingerprint density at radius 2 is 2.00 bits per heavy atom. The predicted molar refractivity (Wildman–Crippen MR) is 102 cm³/mol. The highest BCUT2D eigenvalue weighted by atomic mass is 19.1. The first-order chi connectivity index (χ1) is 13.5. The second-order valence-electron chi connectivity index (χ2n) is 6.98. The van der Waals surface area contributed by atoms with Crippen LogP contribution in [0, 0.1) is 19.7 Å². The van der Waals surface area contributed by atoms with Gasteiger partial charge in [-0.15, -0.1) is 0 Å². The van der Waals surface area contributed by atoms with Crippen molar-refractivity contribution in [2.24, 2.45) is 0 Å². The van der Waals surface area contributed by atoms with Crippen LogP contribution in [0.1, 0.15) is 29.4 Å². The lowest BCUT2D eigenvalue weighted by atomic mass is 10.1. The number of aryl methyl sites for hydroxylation is 2. The molecule has 0 radical (unpaired) electrons. The Morgan fingerprint density at radius 1 is 1.18 bits per heavy atom. The van der Waals surface area contributed by atoms with Crippen molar-refractivity contribution >= 4 is 11.6 Å². The summed E-state index contributed by atoms with van der Waals surface area (Å²) in [4.78, 5) is 18.7. The Morgan fingerprint density at radius 3 is 2.71 bits per heavy atom. The molecule has 28 heavy (non-hydrogen) atoms. The van der Waals surface area contributed by atoms with Crippen molar-refractivity contribution < 1.29 is 18.4 Å². The van der Waals surface area contributed by atoms with Gasteiger partial charge in [-0.1, -0.05) is 11.2 Å². The monoisotopic (exact) mass is 381 g/mol. The van der Waals surface area contributed by atoms with E-state index in [9.17, 15) is 9.18 Å². The molecule has 0 aliphatic carbocycles. The first kappa shape index (κ1) is 18.2. The normalized spacial score (nSPS) is 16.6. The van der Waals surface area contributed by atoms with Gasteiger partial charge in [0.1, 0.15) is 0 Å². The van der Waals surface area contributed by atoms with E-state index >= 15 is 0 Å². The van der Waals surface area contributed by atoms with Gasteiger partial charge in [0.05, 0.1) is 13.0 Å². The first-order valence-electron chi connectivity index (χ1n) is 9.01. The van der Waals surface area contributed by atoms with Crippen molar-refractivity contribution in [3.8, 4) is 17.1 Å². The van der Waals surface area contributed by atoms with Crippen molar-refractivity contribution in [3.63, 3.8) is 0 Å². The number of nitrogens with zero attached hydrogens (tertiary/aromatic N) is 3. The SMILES string of the molecule is COc1ccc(-c2noc(C3CC(=O)N(c4ccc(C)c(C)c4)C3)n2)cc1F. The number of carbonyl (C=O) groups is 1. The van der Waals surface area contributed by atoms with Gasteiger partial charge in [0.2, 0.25) is 17.6 Å². The minimum absolute atomic E-state index is 0.0171. The predicted octanol–water partition coefficient (Wildman–Crippen LogP) is 4.02. The number of rotatable bonds is 4. The second-order valence-corrected chi connectivity index (χ2v) is 6.98. The van der Waals surface area contributed by atoms with Crippen LogP contribution in [0.3, 0.4) is 0 Å². The molecule has 1 amide bonds. The van der Waals surface area contributed by atoms with E-state index in [2.05, 4.69) is 10.1 Å². The maximum atomic E-state index is 13.9. The zero-order valence-corrected chi connectivity index (χ0v) is 15.9. The Bertz CT molecular complexity index is 1050. The molecule has 4 rings (SSSR count).